The summed E-state index contributed by atoms with van der Waals surface area (Å²) in [6.07, 6.45) is 0. The second-order valence-electron chi connectivity index (χ2n) is 2.47. The van der Waals surface area contributed by atoms with Gasteiger partial charge in [0.15, 0.2) is 0 Å². The molecule has 0 aliphatic carbocycles. The number of carbonyl (C=O) groups excluding carboxylic acids is 2. The van der Waals surface area contributed by atoms with Crippen LogP contribution >= 0.6 is 0 Å². The van der Waals surface area contributed by atoms with Gasteiger partial charge in [0, 0.05) is 21.1 Å². The zero-order valence-electron chi connectivity index (χ0n) is 8.37. The number of rotatable bonds is 2. The highest BCUT2D eigenvalue weighted by Gasteiger charge is 2.18. The van der Waals surface area contributed by atoms with Crippen LogP contribution in [0.15, 0.2) is 10.6 Å². The minimum absolute atomic E-state index is 0.443. The first-order valence-corrected chi connectivity index (χ1v) is 3.66. The third-order valence-electron chi connectivity index (χ3n) is 1.37. The standard InChI is InChI=1S/C5H10N6O4/c1-9(7-14)4(12)6-10(2)5(13)11(3)8-15/h1-3H3,(H,6,12). The van der Waals surface area contributed by atoms with E-state index >= 15 is 0 Å². The van der Waals surface area contributed by atoms with Gasteiger partial charge < -0.3 is 0 Å². The van der Waals surface area contributed by atoms with Crippen molar-refractivity contribution in [1.29, 1.82) is 0 Å². The highest BCUT2D eigenvalue weighted by atomic mass is 16.3. The van der Waals surface area contributed by atoms with Crippen LogP contribution in [0.1, 0.15) is 0 Å². The summed E-state index contributed by atoms with van der Waals surface area (Å²) in [4.78, 5) is 42.0. The Hall–Kier alpha value is -2.26. The second-order valence-corrected chi connectivity index (χ2v) is 2.47. The van der Waals surface area contributed by atoms with Crippen molar-refractivity contribution in [3.8, 4) is 0 Å². The highest BCUT2D eigenvalue weighted by Crippen LogP contribution is 1.92. The molecule has 10 heteroatoms. The number of nitrogens with zero attached hydrogens (tertiary/aromatic N) is 5. The number of hydrazine groups is 1. The lowest BCUT2D eigenvalue weighted by Gasteiger charge is -2.20. The van der Waals surface area contributed by atoms with E-state index in [9.17, 15) is 19.4 Å². The molecule has 0 aromatic rings. The molecule has 15 heavy (non-hydrogen) atoms. The Bertz CT molecular complexity index is 281. The molecule has 0 heterocycles. The Kier molecular flexibility index (Phi) is 4.64. The molecule has 0 aromatic carbocycles. The molecule has 84 valence electrons. The molecule has 1 N–H and O–H groups in total. The van der Waals surface area contributed by atoms with E-state index < -0.39 is 12.1 Å². The summed E-state index contributed by atoms with van der Waals surface area (Å²) in [5.74, 6) is 0. The molecule has 0 unspecified atom stereocenters. The Labute approximate surface area is 84.7 Å². The smallest absolute Gasteiger partial charge is 0.245 e. The summed E-state index contributed by atoms with van der Waals surface area (Å²) in [5, 5.41) is 6.22. The van der Waals surface area contributed by atoms with Crippen molar-refractivity contribution in [3.05, 3.63) is 9.81 Å². The summed E-state index contributed by atoms with van der Waals surface area (Å²) >= 11 is 0. The summed E-state index contributed by atoms with van der Waals surface area (Å²) in [7, 11) is 3.39. The molecule has 0 bridgehead atoms. The van der Waals surface area contributed by atoms with E-state index in [0.717, 1.165) is 14.1 Å². The summed E-state index contributed by atoms with van der Waals surface area (Å²) in [6, 6.07) is -1.78. The fourth-order valence-corrected chi connectivity index (χ4v) is 0.553. The zero-order valence-corrected chi connectivity index (χ0v) is 8.37. The van der Waals surface area contributed by atoms with Gasteiger partial charge in [-0.3, -0.25) is 0 Å². The van der Waals surface area contributed by atoms with E-state index in [2.05, 4.69) is 10.6 Å². The quantitative estimate of drug-likeness (QED) is 0.514. The van der Waals surface area contributed by atoms with E-state index in [1.54, 1.807) is 0 Å². The fraction of sp³-hybridized carbons (Fsp3) is 0.600. The lowest BCUT2D eigenvalue weighted by molar-refractivity contribution is 0.144. The maximum absolute atomic E-state index is 11.1. The van der Waals surface area contributed by atoms with Gasteiger partial charge in [-0.1, -0.05) is 0 Å². The molecule has 0 atom stereocenters. The first-order valence-electron chi connectivity index (χ1n) is 3.66. The Morgan fingerprint density at radius 2 is 1.47 bits per heavy atom. The Balaban J connectivity index is 4.30. The molecule has 0 saturated carbocycles. The lowest BCUT2D eigenvalue weighted by Crippen LogP contribution is -2.50. The number of hydrogen-bond acceptors (Lipinski definition) is 6. The van der Waals surface area contributed by atoms with Crippen molar-refractivity contribution in [3.63, 3.8) is 0 Å². The average Bonchev–Trinajstić information content (AvgIpc) is 2.25. The number of carbonyl (C=O) groups is 2. The van der Waals surface area contributed by atoms with Crippen molar-refractivity contribution >= 4 is 12.1 Å². The highest BCUT2D eigenvalue weighted by molar-refractivity contribution is 5.79. The molecule has 0 rings (SSSR count). The van der Waals surface area contributed by atoms with Crippen LogP contribution in [0.3, 0.4) is 0 Å². The number of nitrogens with one attached hydrogen (secondary N) is 1. The lowest BCUT2D eigenvalue weighted by atomic mass is 10.8. The third-order valence-corrected chi connectivity index (χ3v) is 1.37. The van der Waals surface area contributed by atoms with Gasteiger partial charge in [-0.25, -0.2) is 20.0 Å². The average molecular weight is 218 g/mol. The summed E-state index contributed by atoms with van der Waals surface area (Å²) in [5.41, 5.74) is 1.98. The third kappa shape index (κ3) is 3.54. The molecule has 10 nitrogen and oxygen atoms in total. The van der Waals surface area contributed by atoms with Gasteiger partial charge in [-0.05, 0) is 0 Å². The van der Waals surface area contributed by atoms with Crippen LogP contribution < -0.4 is 5.43 Å². The normalized spacial score (nSPS) is 8.73. The molecule has 0 radical (unpaired) electrons. The zero-order chi connectivity index (χ0) is 12.0. The molecular weight excluding hydrogens is 208 g/mol. The molecule has 0 spiro atoms. The van der Waals surface area contributed by atoms with E-state index in [-0.39, 0.29) is 0 Å². The topological polar surface area (TPSA) is 115 Å². The van der Waals surface area contributed by atoms with E-state index in [1.807, 2.05) is 5.43 Å². The van der Waals surface area contributed by atoms with E-state index in [4.69, 9.17) is 0 Å². The van der Waals surface area contributed by atoms with Crippen molar-refractivity contribution in [2.24, 2.45) is 10.6 Å². The summed E-state index contributed by atoms with van der Waals surface area (Å²) in [6.45, 7) is 0. The molecule has 4 amide bonds. The fourth-order valence-electron chi connectivity index (χ4n) is 0.553. The van der Waals surface area contributed by atoms with E-state index in [1.165, 1.54) is 7.05 Å². The minimum Gasteiger partial charge on any atom is -0.245 e. The molecule has 0 aromatic heterocycles. The first-order chi connectivity index (χ1) is 6.93. The summed E-state index contributed by atoms with van der Waals surface area (Å²) < 4.78 is 0. The van der Waals surface area contributed by atoms with Crippen molar-refractivity contribution in [1.82, 2.24) is 20.5 Å². The van der Waals surface area contributed by atoms with E-state index in [0.29, 0.717) is 15.0 Å². The van der Waals surface area contributed by atoms with Crippen LogP contribution in [0.4, 0.5) is 9.59 Å². The van der Waals surface area contributed by atoms with Crippen LogP contribution in [0.5, 0.6) is 0 Å². The Morgan fingerprint density at radius 1 is 1.00 bits per heavy atom. The van der Waals surface area contributed by atoms with Gasteiger partial charge in [-0.15, -0.1) is 9.81 Å². The van der Waals surface area contributed by atoms with Crippen molar-refractivity contribution < 1.29 is 9.59 Å². The Morgan fingerprint density at radius 3 is 1.87 bits per heavy atom. The monoisotopic (exact) mass is 218 g/mol. The first kappa shape index (κ1) is 12.7. The van der Waals surface area contributed by atoms with Crippen molar-refractivity contribution in [2.75, 3.05) is 21.1 Å². The SMILES string of the molecule is CN(N=O)C(=O)NN(C)C(=O)N(C)N=O. The van der Waals surface area contributed by atoms with Crippen LogP contribution in [-0.2, 0) is 0 Å². The van der Waals surface area contributed by atoms with Crippen LogP contribution in [-0.4, -0.2) is 48.2 Å². The number of amides is 4. The van der Waals surface area contributed by atoms with Gasteiger partial charge in [0.05, 0.1) is 10.6 Å². The minimum atomic E-state index is -0.917. The maximum Gasteiger partial charge on any atom is 0.361 e. The number of urea groups is 2. The van der Waals surface area contributed by atoms with Crippen molar-refractivity contribution in [2.45, 2.75) is 0 Å². The number of hydrogen-bond donors (Lipinski definition) is 1. The molecule has 0 aliphatic rings. The van der Waals surface area contributed by atoms with Gasteiger partial charge in [0.2, 0.25) is 0 Å². The van der Waals surface area contributed by atoms with Gasteiger partial charge in [0.1, 0.15) is 0 Å². The van der Waals surface area contributed by atoms with Gasteiger partial charge >= 0.3 is 12.1 Å². The van der Waals surface area contributed by atoms with Gasteiger partial charge in [0.25, 0.3) is 0 Å². The molecule has 0 fully saturated rings. The van der Waals surface area contributed by atoms with Gasteiger partial charge in [-0.2, -0.15) is 10.0 Å². The predicted octanol–water partition coefficient (Wildman–Crippen LogP) is -0.111. The largest absolute Gasteiger partial charge is 0.361 e. The molecule has 0 saturated heterocycles. The predicted molar refractivity (Wildman–Crippen MR) is 48.8 cm³/mol. The molecular formula is C5H10N6O4. The maximum atomic E-state index is 11.1. The number of nitroso groups, excluding NO2 is 2. The molecule has 0 aliphatic heterocycles. The van der Waals surface area contributed by atoms with Crippen LogP contribution in [0.2, 0.25) is 0 Å². The van der Waals surface area contributed by atoms with Crippen LogP contribution in [0, 0.1) is 9.81 Å². The second kappa shape index (κ2) is 5.47. The van der Waals surface area contributed by atoms with Crippen LogP contribution in [0.25, 0.3) is 0 Å².